The van der Waals surface area contributed by atoms with Crippen molar-refractivity contribution in [2.45, 2.75) is 18.4 Å². The zero-order valence-corrected chi connectivity index (χ0v) is 19.2. The van der Waals surface area contributed by atoms with Crippen LogP contribution in [0.25, 0.3) is 10.6 Å². The quantitative estimate of drug-likeness (QED) is 0.378. The van der Waals surface area contributed by atoms with Gasteiger partial charge in [0, 0.05) is 16.3 Å². The highest BCUT2D eigenvalue weighted by Gasteiger charge is 2.19. The van der Waals surface area contributed by atoms with Crippen LogP contribution >= 0.6 is 22.9 Å². The molecule has 0 saturated heterocycles. The Balaban J connectivity index is 1.50. The second kappa shape index (κ2) is 9.25. The van der Waals surface area contributed by atoms with Gasteiger partial charge in [-0.1, -0.05) is 29.8 Å². The lowest BCUT2D eigenvalue weighted by Crippen LogP contribution is -2.23. The Morgan fingerprint density at radius 3 is 2.62 bits per heavy atom. The van der Waals surface area contributed by atoms with Crippen LogP contribution in [-0.4, -0.2) is 19.3 Å². The van der Waals surface area contributed by atoms with Crippen LogP contribution in [0.2, 0.25) is 5.02 Å². The van der Waals surface area contributed by atoms with Crippen molar-refractivity contribution in [3.63, 3.8) is 0 Å². The van der Waals surface area contributed by atoms with Crippen molar-refractivity contribution in [2.75, 3.05) is 5.32 Å². The Bertz CT molecular complexity index is 1350. The molecule has 10 heteroatoms. The molecule has 2 N–H and O–H groups in total. The Morgan fingerprint density at radius 1 is 1.12 bits per heavy atom. The number of hydrogen-bond acceptors (Lipinski definition) is 6. The molecule has 0 unspecified atom stereocenters. The molecule has 7 nitrogen and oxygen atoms in total. The van der Waals surface area contributed by atoms with E-state index in [1.807, 2.05) is 12.1 Å². The molecule has 0 aliphatic heterocycles. The van der Waals surface area contributed by atoms with Crippen molar-refractivity contribution < 1.29 is 17.6 Å². The highest BCUT2D eigenvalue weighted by Crippen LogP contribution is 2.29. The number of carbonyl (C=O) groups excluding carboxylic acids is 1. The standard InChI is InChI=1S/C22H18ClN3O4S2/c1-14-20(31-22(25-14)15-7-9-16(23)10-8-15)21(27)26-17-4-2-6-19(12-17)32(28,29)24-13-18-5-3-11-30-18/h2-12,24H,13H2,1H3,(H,26,27). The molecule has 0 aliphatic carbocycles. The summed E-state index contributed by atoms with van der Waals surface area (Å²) >= 11 is 7.19. The molecular weight excluding hydrogens is 470 g/mol. The fourth-order valence-corrected chi connectivity index (χ4v) is 5.05. The zero-order chi connectivity index (χ0) is 22.7. The number of anilines is 1. The summed E-state index contributed by atoms with van der Waals surface area (Å²) in [5.74, 6) is 0.133. The smallest absolute Gasteiger partial charge is 0.267 e. The van der Waals surface area contributed by atoms with Crippen LogP contribution in [0.15, 0.2) is 76.2 Å². The summed E-state index contributed by atoms with van der Waals surface area (Å²) in [7, 11) is -3.78. The minimum atomic E-state index is -3.78. The van der Waals surface area contributed by atoms with Gasteiger partial charge in [-0.2, -0.15) is 0 Å². The van der Waals surface area contributed by atoms with E-state index in [0.717, 1.165) is 5.56 Å². The third kappa shape index (κ3) is 5.08. The van der Waals surface area contributed by atoms with Crippen molar-refractivity contribution in [3.05, 3.63) is 88.3 Å². The van der Waals surface area contributed by atoms with Crippen LogP contribution in [0.3, 0.4) is 0 Å². The Hall–Kier alpha value is -2.98. The number of sulfonamides is 1. The van der Waals surface area contributed by atoms with Crippen molar-refractivity contribution >= 4 is 44.6 Å². The predicted octanol–water partition coefficient (Wildman–Crippen LogP) is 5.10. The Labute approximate surface area is 194 Å². The lowest BCUT2D eigenvalue weighted by molar-refractivity contribution is 0.102. The third-order valence-corrected chi connectivity index (χ3v) is 7.37. The minimum absolute atomic E-state index is 0.0272. The van der Waals surface area contributed by atoms with E-state index in [1.54, 1.807) is 43.3 Å². The van der Waals surface area contributed by atoms with Gasteiger partial charge >= 0.3 is 0 Å². The molecule has 0 atom stereocenters. The number of hydrogen-bond donors (Lipinski definition) is 2. The fraction of sp³-hybridized carbons (Fsp3) is 0.0909. The maximum Gasteiger partial charge on any atom is 0.267 e. The van der Waals surface area contributed by atoms with E-state index in [2.05, 4.69) is 15.0 Å². The van der Waals surface area contributed by atoms with Crippen LogP contribution < -0.4 is 10.0 Å². The number of furan rings is 1. The van der Waals surface area contributed by atoms with Crippen molar-refractivity contribution in [1.29, 1.82) is 0 Å². The molecule has 4 rings (SSSR count). The molecule has 2 aromatic heterocycles. The summed E-state index contributed by atoms with van der Waals surface area (Å²) in [5, 5.41) is 4.07. The average molecular weight is 488 g/mol. The predicted molar refractivity (Wildman–Crippen MR) is 124 cm³/mol. The average Bonchev–Trinajstić information content (AvgIpc) is 3.43. The van der Waals surface area contributed by atoms with Gasteiger partial charge in [0.25, 0.3) is 5.91 Å². The second-order valence-electron chi connectivity index (χ2n) is 6.83. The number of thiazole rings is 1. The monoisotopic (exact) mass is 487 g/mol. The lowest BCUT2D eigenvalue weighted by Gasteiger charge is -2.08. The van der Waals surface area contributed by atoms with Gasteiger partial charge in [0.05, 0.1) is 23.4 Å². The maximum atomic E-state index is 12.8. The van der Waals surface area contributed by atoms with Crippen LogP contribution in [0, 0.1) is 6.92 Å². The van der Waals surface area contributed by atoms with Gasteiger partial charge in [0.15, 0.2) is 0 Å². The van der Waals surface area contributed by atoms with Gasteiger partial charge in [-0.25, -0.2) is 18.1 Å². The number of halogens is 1. The molecular formula is C22H18ClN3O4S2. The summed E-state index contributed by atoms with van der Waals surface area (Å²) in [6, 6.07) is 16.6. The van der Waals surface area contributed by atoms with E-state index in [1.165, 1.54) is 29.7 Å². The van der Waals surface area contributed by atoms with E-state index in [9.17, 15) is 13.2 Å². The number of nitrogens with one attached hydrogen (secondary N) is 2. The van der Waals surface area contributed by atoms with Gasteiger partial charge in [-0.05, 0) is 49.4 Å². The molecule has 32 heavy (non-hydrogen) atoms. The number of benzene rings is 2. The number of nitrogens with zero attached hydrogens (tertiary/aromatic N) is 1. The molecule has 0 saturated carbocycles. The first-order chi connectivity index (χ1) is 15.3. The summed E-state index contributed by atoms with van der Waals surface area (Å²) < 4.78 is 32.8. The van der Waals surface area contributed by atoms with Crippen LogP contribution in [0.5, 0.6) is 0 Å². The summed E-state index contributed by atoms with van der Waals surface area (Å²) in [6.07, 6.45) is 1.47. The zero-order valence-electron chi connectivity index (χ0n) is 16.8. The van der Waals surface area contributed by atoms with Gasteiger partial charge in [-0.3, -0.25) is 4.79 Å². The van der Waals surface area contributed by atoms with E-state index >= 15 is 0 Å². The van der Waals surface area contributed by atoms with E-state index in [4.69, 9.17) is 16.0 Å². The van der Waals surface area contributed by atoms with E-state index < -0.39 is 10.0 Å². The Morgan fingerprint density at radius 2 is 1.91 bits per heavy atom. The number of carbonyl (C=O) groups is 1. The molecule has 2 aromatic carbocycles. The third-order valence-electron chi connectivity index (χ3n) is 4.51. The Kier molecular flexibility index (Phi) is 6.43. The van der Waals surface area contributed by atoms with Crippen LogP contribution in [-0.2, 0) is 16.6 Å². The minimum Gasteiger partial charge on any atom is -0.468 e. The van der Waals surface area contributed by atoms with Crippen molar-refractivity contribution in [1.82, 2.24) is 9.71 Å². The second-order valence-corrected chi connectivity index (χ2v) is 10.0. The van der Waals surface area contributed by atoms with E-state index in [-0.39, 0.29) is 17.3 Å². The molecule has 4 aromatic rings. The lowest BCUT2D eigenvalue weighted by atomic mass is 10.2. The molecule has 2 heterocycles. The molecule has 164 valence electrons. The SMILES string of the molecule is Cc1nc(-c2ccc(Cl)cc2)sc1C(=O)Nc1cccc(S(=O)(=O)NCc2ccco2)c1. The van der Waals surface area contributed by atoms with Crippen LogP contribution in [0.4, 0.5) is 5.69 Å². The highest BCUT2D eigenvalue weighted by molar-refractivity contribution is 7.89. The first-order valence-electron chi connectivity index (χ1n) is 9.49. The summed E-state index contributed by atoms with van der Waals surface area (Å²) in [6.45, 7) is 1.78. The first kappa shape index (κ1) is 22.2. The van der Waals surface area contributed by atoms with Crippen molar-refractivity contribution in [2.24, 2.45) is 0 Å². The molecule has 0 fully saturated rings. The molecule has 0 radical (unpaired) electrons. The van der Waals surface area contributed by atoms with Gasteiger partial charge < -0.3 is 9.73 Å². The molecule has 1 amide bonds. The summed E-state index contributed by atoms with van der Waals surface area (Å²) in [5.41, 5.74) is 1.80. The summed E-state index contributed by atoms with van der Waals surface area (Å²) in [4.78, 5) is 17.8. The number of aromatic nitrogens is 1. The van der Waals surface area contributed by atoms with Gasteiger partial charge in [0.1, 0.15) is 15.6 Å². The number of rotatable bonds is 7. The highest BCUT2D eigenvalue weighted by atomic mass is 35.5. The van der Waals surface area contributed by atoms with Crippen LogP contribution in [0.1, 0.15) is 21.1 Å². The van der Waals surface area contributed by atoms with Gasteiger partial charge in [0.2, 0.25) is 10.0 Å². The molecule has 0 spiro atoms. The number of aryl methyl sites for hydroxylation is 1. The largest absolute Gasteiger partial charge is 0.468 e. The normalized spacial score (nSPS) is 11.4. The number of amides is 1. The van der Waals surface area contributed by atoms with E-state index in [0.29, 0.717) is 32.0 Å². The van der Waals surface area contributed by atoms with Crippen molar-refractivity contribution in [3.8, 4) is 10.6 Å². The molecule has 0 aliphatic rings. The topological polar surface area (TPSA) is 101 Å². The first-order valence-corrected chi connectivity index (χ1v) is 12.2. The maximum absolute atomic E-state index is 12.8. The van der Waals surface area contributed by atoms with Gasteiger partial charge in [-0.15, -0.1) is 11.3 Å². The molecule has 0 bridgehead atoms. The fourth-order valence-electron chi connectivity index (χ4n) is 2.91.